The number of carbonyl (C=O) groups is 2. The highest BCUT2D eigenvalue weighted by Gasteiger charge is 2.12. The largest absolute Gasteiger partial charge is 0.456 e. The summed E-state index contributed by atoms with van der Waals surface area (Å²) in [5.41, 5.74) is 1.29. The molecule has 0 radical (unpaired) electrons. The van der Waals surface area contributed by atoms with Gasteiger partial charge in [-0.05, 0) is 36.2 Å². The number of fused-ring (bicyclic) bond motifs is 1. The molecule has 0 fully saturated rings. The van der Waals surface area contributed by atoms with Gasteiger partial charge < -0.3 is 10.1 Å². The molecule has 1 amide bonds. The second-order valence-corrected chi connectivity index (χ2v) is 6.80. The summed E-state index contributed by atoms with van der Waals surface area (Å²) in [6.45, 7) is -0.0303. The van der Waals surface area contributed by atoms with Gasteiger partial charge in [-0.15, -0.1) is 0 Å². The van der Waals surface area contributed by atoms with Gasteiger partial charge >= 0.3 is 5.97 Å². The third kappa shape index (κ3) is 5.50. The van der Waals surface area contributed by atoms with Crippen molar-refractivity contribution in [2.45, 2.75) is 19.3 Å². The van der Waals surface area contributed by atoms with Gasteiger partial charge in [0.15, 0.2) is 6.61 Å². The van der Waals surface area contributed by atoms with E-state index in [0.29, 0.717) is 29.7 Å². The van der Waals surface area contributed by atoms with Gasteiger partial charge in [0.2, 0.25) is 0 Å². The smallest absolute Gasteiger partial charge is 0.306 e. The van der Waals surface area contributed by atoms with E-state index in [1.165, 1.54) is 16.7 Å². The lowest BCUT2D eigenvalue weighted by molar-refractivity contribution is -0.148. The Kier molecular flexibility index (Phi) is 6.90. The van der Waals surface area contributed by atoms with Gasteiger partial charge in [0.05, 0.1) is 17.3 Å². The van der Waals surface area contributed by atoms with Gasteiger partial charge in [-0.25, -0.2) is 9.37 Å². The summed E-state index contributed by atoms with van der Waals surface area (Å²) in [4.78, 5) is 40.6. The van der Waals surface area contributed by atoms with Crippen molar-refractivity contribution in [2.24, 2.45) is 7.05 Å². The lowest BCUT2D eigenvalue weighted by Gasteiger charge is -2.09. The average Bonchev–Trinajstić information content (AvgIpc) is 2.75. The Hall–Kier alpha value is -3.55. The predicted octanol–water partition coefficient (Wildman–Crippen LogP) is 1.91. The molecular weight excluding hydrogens is 389 g/mol. The first-order chi connectivity index (χ1) is 14.4. The zero-order chi connectivity index (χ0) is 21.5. The molecule has 0 aliphatic heterocycles. The van der Waals surface area contributed by atoms with Crippen LogP contribution in [0.2, 0.25) is 0 Å². The molecule has 30 heavy (non-hydrogen) atoms. The second kappa shape index (κ2) is 9.78. The van der Waals surface area contributed by atoms with Crippen LogP contribution in [0.1, 0.15) is 17.8 Å². The fraction of sp³-hybridized carbons (Fsp3) is 0.273. The number of hydrogen-bond donors (Lipinski definition) is 1. The molecule has 2 aromatic carbocycles. The van der Waals surface area contributed by atoms with Crippen LogP contribution in [-0.2, 0) is 34.2 Å². The maximum atomic E-state index is 12.9. The van der Waals surface area contributed by atoms with Gasteiger partial charge in [-0.1, -0.05) is 24.3 Å². The fourth-order valence-electron chi connectivity index (χ4n) is 2.97. The Balaban J connectivity index is 1.43. The van der Waals surface area contributed by atoms with Crippen LogP contribution in [0.5, 0.6) is 0 Å². The number of aryl methyl sites for hydroxylation is 1. The minimum absolute atomic E-state index is 0.00147. The maximum absolute atomic E-state index is 12.9. The number of hydrogen-bond acceptors (Lipinski definition) is 5. The quantitative estimate of drug-likeness (QED) is 0.572. The highest BCUT2D eigenvalue weighted by Crippen LogP contribution is 2.08. The van der Waals surface area contributed by atoms with Crippen LogP contribution in [-0.4, -0.2) is 34.6 Å². The van der Waals surface area contributed by atoms with Crippen molar-refractivity contribution in [1.82, 2.24) is 14.9 Å². The summed E-state index contributed by atoms with van der Waals surface area (Å²) < 4.78 is 19.3. The van der Waals surface area contributed by atoms with E-state index in [2.05, 4.69) is 10.3 Å². The summed E-state index contributed by atoms with van der Waals surface area (Å²) in [6.07, 6.45) is 0.769. The molecule has 0 unspecified atom stereocenters. The first-order valence-corrected chi connectivity index (χ1v) is 9.55. The predicted molar refractivity (Wildman–Crippen MR) is 109 cm³/mol. The van der Waals surface area contributed by atoms with E-state index in [1.54, 1.807) is 43.4 Å². The number of esters is 1. The van der Waals surface area contributed by atoms with Crippen LogP contribution in [0.4, 0.5) is 4.39 Å². The van der Waals surface area contributed by atoms with Crippen molar-refractivity contribution < 1.29 is 18.7 Å². The number of amides is 1. The molecule has 0 saturated heterocycles. The van der Waals surface area contributed by atoms with E-state index in [0.717, 1.165) is 5.56 Å². The fourth-order valence-corrected chi connectivity index (χ4v) is 2.97. The molecule has 156 valence electrons. The summed E-state index contributed by atoms with van der Waals surface area (Å²) in [6, 6.07) is 13.0. The van der Waals surface area contributed by atoms with Crippen LogP contribution in [0.15, 0.2) is 53.3 Å². The Morgan fingerprint density at radius 2 is 1.83 bits per heavy atom. The number of nitrogens with one attached hydrogen (secondary N) is 1. The molecule has 0 saturated carbocycles. The summed E-state index contributed by atoms with van der Waals surface area (Å²) in [5, 5.41) is 3.16. The summed E-state index contributed by atoms with van der Waals surface area (Å²) in [5.74, 6) is -0.805. The molecule has 0 aliphatic carbocycles. The minimum atomic E-state index is -0.550. The van der Waals surface area contributed by atoms with Crippen molar-refractivity contribution in [3.63, 3.8) is 0 Å². The van der Waals surface area contributed by atoms with E-state index in [4.69, 9.17) is 4.74 Å². The molecule has 1 heterocycles. The number of carbonyl (C=O) groups excluding carboxylic acids is 2. The molecule has 0 aliphatic rings. The monoisotopic (exact) mass is 411 g/mol. The molecular formula is C22H22FN3O4. The molecule has 0 spiro atoms. The highest BCUT2D eigenvalue weighted by atomic mass is 19.1. The van der Waals surface area contributed by atoms with Crippen LogP contribution in [0.25, 0.3) is 10.9 Å². The number of aromatic nitrogens is 2. The molecule has 3 aromatic rings. The first-order valence-electron chi connectivity index (χ1n) is 9.55. The average molecular weight is 411 g/mol. The molecule has 7 nitrogen and oxygen atoms in total. The van der Waals surface area contributed by atoms with Gasteiger partial charge in [-0.3, -0.25) is 19.0 Å². The summed E-state index contributed by atoms with van der Waals surface area (Å²) in [7, 11) is 1.61. The van der Waals surface area contributed by atoms with Crippen molar-refractivity contribution in [2.75, 3.05) is 13.2 Å². The molecule has 1 aromatic heterocycles. The standard InChI is InChI=1S/C22H22FN3O4/c1-26-19(25-18-5-3-2-4-17(18)22(26)29)10-11-21(28)30-14-20(27)24-13-12-15-6-8-16(23)9-7-15/h2-9H,10-14H2,1H3,(H,24,27). The Labute approximate surface area is 172 Å². The van der Waals surface area contributed by atoms with Crippen LogP contribution >= 0.6 is 0 Å². The van der Waals surface area contributed by atoms with E-state index >= 15 is 0 Å². The van der Waals surface area contributed by atoms with Crippen molar-refractivity contribution in [3.05, 3.63) is 76.1 Å². The number of rotatable bonds is 8. The van der Waals surface area contributed by atoms with E-state index < -0.39 is 11.9 Å². The normalized spacial score (nSPS) is 10.7. The highest BCUT2D eigenvalue weighted by molar-refractivity contribution is 5.80. The number of ether oxygens (including phenoxy) is 1. The topological polar surface area (TPSA) is 90.3 Å². The Morgan fingerprint density at radius 1 is 1.10 bits per heavy atom. The third-order valence-electron chi connectivity index (χ3n) is 4.64. The van der Waals surface area contributed by atoms with Crippen molar-refractivity contribution in [1.29, 1.82) is 0 Å². The van der Waals surface area contributed by atoms with Gasteiger partial charge in [0, 0.05) is 20.0 Å². The Morgan fingerprint density at radius 3 is 2.60 bits per heavy atom. The molecule has 0 atom stereocenters. The third-order valence-corrected chi connectivity index (χ3v) is 4.64. The zero-order valence-corrected chi connectivity index (χ0v) is 16.6. The van der Waals surface area contributed by atoms with Crippen LogP contribution in [0.3, 0.4) is 0 Å². The van der Waals surface area contributed by atoms with Crippen LogP contribution < -0.4 is 10.9 Å². The van der Waals surface area contributed by atoms with E-state index in [9.17, 15) is 18.8 Å². The first kappa shape index (κ1) is 21.2. The van der Waals surface area contributed by atoms with Crippen LogP contribution in [0, 0.1) is 5.82 Å². The Bertz CT molecular complexity index is 1110. The molecule has 1 N–H and O–H groups in total. The van der Waals surface area contributed by atoms with Crippen molar-refractivity contribution in [3.8, 4) is 0 Å². The van der Waals surface area contributed by atoms with Gasteiger partial charge in [-0.2, -0.15) is 0 Å². The SMILES string of the molecule is Cn1c(CCC(=O)OCC(=O)NCCc2ccc(F)cc2)nc2ccccc2c1=O. The molecule has 8 heteroatoms. The van der Waals surface area contributed by atoms with Gasteiger partial charge in [0.1, 0.15) is 11.6 Å². The second-order valence-electron chi connectivity index (χ2n) is 6.80. The van der Waals surface area contributed by atoms with Crippen molar-refractivity contribution >= 4 is 22.8 Å². The summed E-state index contributed by atoms with van der Waals surface area (Å²) >= 11 is 0. The maximum Gasteiger partial charge on any atom is 0.306 e. The van der Waals surface area contributed by atoms with Gasteiger partial charge in [0.25, 0.3) is 11.5 Å². The zero-order valence-electron chi connectivity index (χ0n) is 16.6. The lowest BCUT2D eigenvalue weighted by Crippen LogP contribution is -2.30. The number of halogens is 1. The number of nitrogens with zero attached hydrogens (tertiary/aromatic N) is 2. The number of benzene rings is 2. The lowest BCUT2D eigenvalue weighted by atomic mass is 10.1. The molecule has 0 bridgehead atoms. The number of para-hydroxylation sites is 1. The van der Waals surface area contributed by atoms with E-state index in [1.807, 2.05) is 0 Å². The van der Waals surface area contributed by atoms with E-state index in [-0.39, 0.29) is 30.8 Å². The molecule has 3 rings (SSSR count). The minimum Gasteiger partial charge on any atom is -0.456 e.